The fourth-order valence-corrected chi connectivity index (χ4v) is 10.7. The standard InChI is InChI=1S/C30H36OS/c1-32(27-8-4-2-5-9-27,28-10-6-3-7-11-28)29-14-12-26(13-15-29)31-17-16-30-21-23-18-24(22-30)20-25(30)19-23/h2-6,8-10,12-15,23-25H,7,11,16-22H2,1H3. The average Bonchev–Trinajstić information content (AvgIpc) is 3.23. The lowest BCUT2D eigenvalue weighted by atomic mass is 9.74. The van der Waals surface area contributed by atoms with E-state index in [0.29, 0.717) is 5.41 Å². The first kappa shape index (κ1) is 20.7. The maximum absolute atomic E-state index is 6.32. The zero-order chi connectivity index (χ0) is 21.6. The molecule has 0 heterocycles. The molecule has 0 N–H and O–H groups in total. The van der Waals surface area contributed by atoms with E-state index in [9.17, 15) is 0 Å². The van der Waals surface area contributed by atoms with Crippen molar-refractivity contribution in [2.75, 3.05) is 12.9 Å². The van der Waals surface area contributed by atoms with Crippen molar-refractivity contribution in [1.29, 1.82) is 0 Å². The highest BCUT2D eigenvalue weighted by atomic mass is 32.3. The van der Waals surface area contributed by atoms with Crippen LogP contribution in [-0.4, -0.2) is 12.9 Å². The van der Waals surface area contributed by atoms with Crippen LogP contribution < -0.4 is 4.74 Å². The minimum atomic E-state index is -1.21. The van der Waals surface area contributed by atoms with E-state index in [2.05, 4.69) is 79.1 Å². The number of allylic oxidation sites excluding steroid dienone is 4. The summed E-state index contributed by atoms with van der Waals surface area (Å²) < 4.78 is 6.32. The molecule has 5 aliphatic carbocycles. The molecule has 0 saturated heterocycles. The van der Waals surface area contributed by atoms with Crippen molar-refractivity contribution < 1.29 is 4.74 Å². The van der Waals surface area contributed by atoms with Gasteiger partial charge in [-0.05, 0) is 132 Å². The van der Waals surface area contributed by atoms with E-state index in [1.807, 2.05) is 0 Å². The van der Waals surface area contributed by atoms with Crippen LogP contribution in [0.15, 0.2) is 87.5 Å². The Labute approximate surface area is 195 Å². The fourth-order valence-electron chi connectivity index (χ4n) is 7.61. The molecular formula is C30H36OS. The highest BCUT2D eigenvalue weighted by molar-refractivity contribution is 8.36. The minimum Gasteiger partial charge on any atom is -0.494 e. The van der Waals surface area contributed by atoms with Crippen LogP contribution in [-0.2, 0) is 0 Å². The molecule has 3 unspecified atom stereocenters. The summed E-state index contributed by atoms with van der Waals surface area (Å²) in [5.74, 6) is 4.11. The highest BCUT2D eigenvalue weighted by Crippen LogP contribution is 2.68. The van der Waals surface area contributed by atoms with Gasteiger partial charge in [0.1, 0.15) is 5.75 Å². The van der Waals surface area contributed by atoms with Crippen LogP contribution in [0.1, 0.15) is 51.4 Å². The van der Waals surface area contributed by atoms with Crippen molar-refractivity contribution in [3.05, 3.63) is 77.7 Å². The Kier molecular flexibility index (Phi) is 5.25. The predicted molar refractivity (Wildman–Crippen MR) is 135 cm³/mol. The van der Waals surface area contributed by atoms with E-state index in [4.69, 9.17) is 4.74 Å². The van der Waals surface area contributed by atoms with Crippen molar-refractivity contribution in [2.45, 2.75) is 61.2 Å². The van der Waals surface area contributed by atoms with Gasteiger partial charge in [-0.1, -0.05) is 36.4 Å². The van der Waals surface area contributed by atoms with Crippen molar-refractivity contribution in [1.82, 2.24) is 0 Å². The lowest BCUT2D eigenvalue weighted by Crippen LogP contribution is -2.25. The Balaban J connectivity index is 1.18. The molecular weight excluding hydrogens is 408 g/mol. The number of rotatable bonds is 7. The third-order valence-electron chi connectivity index (χ3n) is 9.04. The quantitative estimate of drug-likeness (QED) is 0.417. The molecule has 0 aliphatic heterocycles. The second-order valence-electron chi connectivity index (χ2n) is 10.8. The molecule has 2 aromatic rings. The second-order valence-corrected chi connectivity index (χ2v) is 14.1. The van der Waals surface area contributed by atoms with Crippen LogP contribution in [0.2, 0.25) is 0 Å². The fraction of sp³-hybridized carbons (Fsp3) is 0.467. The van der Waals surface area contributed by atoms with Gasteiger partial charge in [-0.25, -0.2) is 0 Å². The summed E-state index contributed by atoms with van der Waals surface area (Å²) in [4.78, 5) is 4.45. The third kappa shape index (κ3) is 3.46. The monoisotopic (exact) mass is 444 g/mol. The molecule has 4 fully saturated rings. The second kappa shape index (κ2) is 8.13. The van der Waals surface area contributed by atoms with Crippen molar-refractivity contribution in [2.24, 2.45) is 23.2 Å². The largest absolute Gasteiger partial charge is 0.494 e. The summed E-state index contributed by atoms with van der Waals surface area (Å²) in [6.07, 6.45) is 20.4. The molecule has 0 aromatic heterocycles. The van der Waals surface area contributed by atoms with Crippen molar-refractivity contribution in [3.63, 3.8) is 0 Å². The Morgan fingerprint density at radius 3 is 2.31 bits per heavy atom. The smallest absolute Gasteiger partial charge is 0.119 e. The van der Waals surface area contributed by atoms with E-state index < -0.39 is 10.0 Å². The number of hydrogen-bond acceptors (Lipinski definition) is 1. The summed E-state index contributed by atoms with van der Waals surface area (Å²) in [6.45, 7) is 0.883. The van der Waals surface area contributed by atoms with Crippen molar-refractivity contribution in [3.8, 4) is 5.75 Å². The van der Waals surface area contributed by atoms with Crippen LogP contribution in [0.25, 0.3) is 0 Å². The molecule has 3 atom stereocenters. The first-order chi connectivity index (χ1) is 15.7. The summed E-state index contributed by atoms with van der Waals surface area (Å²) >= 11 is 0. The average molecular weight is 445 g/mol. The topological polar surface area (TPSA) is 9.23 Å². The molecule has 7 rings (SSSR count). The molecule has 2 aromatic carbocycles. The molecule has 2 heteroatoms. The van der Waals surface area contributed by atoms with E-state index in [1.165, 1.54) is 48.3 Å². The normalized spacial score (nSPS) is 33.0. The van der Waals surface area contributed by atoms with E-state index in [0.717, 1.165) is 43.0 Å². The molecule has 0 radical (unpaired) electrons. The van der Waals surface area contributed by atoms with E-state index in [-0.39, 0.29) is 0 Å². The number of ether oxygens (including phenoxy) is 1. The summed E-state index contributed by atoms with van der Waals surface area (Å²) in [5.41, 5.74) is 0.629. The lowest BCUT2D eigenvalue weighted by Gasteiger charge is -2.40. The summed E-state index contributed by atoms with van der Waals surface area (Å²) in [6, 6.07) is 20.2. The van der Waals surface area contributed by atoms with Crippen LogP contribution in [0.3, 0.4) is 0 Å². The molecule has 4 saturated carbocycles. The van der Waals surface area contributed by atoms with Crippen LogP contribution in [0.5, 0.6) is 5.75 Å². The van der Waals surface area contributed by atoms with E-state index in [1.54, 1.807) is 4.91 Å². The first-order valence-electron chi connectivity index (χ1n) is 12.6. The van der Waals surface area contributed by atoms with Crippen LogP contribution >= 0.6 is 10.0 Å². The number of hydrogen-bond donors (Lipinski definition) is 0. The van der Waals surface area contributed by atoms with Gasteiger partial charge in [0.15, 0.2) is 0 Å². The zero-order valence-corrected chi connectivity index (χ0v) is 20.2. The number of benzene rings is 2. The van der Waals surface area contributed by atoms with Gasteiger partial charge in [-0.3, -0.25) is 0 Å². The summed E-state index contributed by atoms with van der Waals surface area (Å²) in [7, 11) is -1.21. The van der Waals surface area contributed by atoms with Crippen LogP contribution in [0, 0.1) is 23.2 Å². The Morgan fingerprint density at radius 1 is 0.906 bits per heavy atom. The van der Waals surface area contributed by atoms with Crippen molar-refractivity contribution >= 4 is 10.0 Å². The SMILES string of the molecule is CS(C1=CC=CCC1)(c1ccccc1)c1ccc(OCCC23CC4CC(CC2C4)C3)cc1. The molecule has 0 amide bonds. The first-order valence-corrected chi connectivity index (χ1v) is 14.6. The van der Waals surface area contributed by atoms with Gasteiger partial charge in [0.2, 0.25) is 0 Å². The Morgan fingerprint density at radius 2 is 1.62 bits per heavy atom. The Bertz CT molecular complexity index is 1010. The van der Waals surface area contributed by atoms with E-state index >= 15 is 0 Å². The predicted octanol–water partition coefficient (Wildman–Crippen LogP) is 8.37. The molecule has 168 valence electrons. The summed E-state index contributed by atoms with van der Waals surface area (Å²) in [5, 5.41) is 0. The van der Waals surface area contributed by atoms with Gasteiger partial charge in [0.25, 0.3) is 0 Å². The highest BCUT2D eigenvalue weighted by Gasteiger charge is 2.57. The van der Waals surface area contributed by atoms with Crippen LogP contribution in [0.4, 0.5) is 0 Å². The minimum absolute atomic E-state index is 0.629. The van der Waals surface area contributed by atoms with Gasteiger partial charge in [-0.2, -0.15) is 10.0 Å². The van der Waals surface area contributed by atoms with Gasteiger partial charge in [0, 0.05) is 0 Å². The van der Waals surface area contributed by atoms with Gasteiger partial charge in [-0.15, -0.1) is 0 Å². The molecule has 0 spiro atoms. The third-order valence-corrected chi connectivity index (χ3v) is 12.9. The molecule has 5 aliphatic rings. The zero-order valence-electron chi connectivity index (χ0n) is 19.3. The Hall–Kier alpha value is -1.93. The maximum atomic E-state index is 6.32. The molecule has 4 bridgehead atoms. The molecule has 1 nitrogen and oxygen atoms in total. The van der Waals surface area contributed by atoms with Gasteiger partial charge in [0.05, 0.1) is 6.61 Å². The lowest BCUT2D eigenvalue weighted by molar-refractivity contribution is 0.147. The van der Waals surface area contributed by atoms with Gasteiger partial charge < -0.3 is 4.74 Å². The molecule has 32 heavy (non-hydrogen) atoms. The van der Waals surface area contributed by atoms with Gasteiger partial charge >= 0.3 is 0 Å². The maximum Gasteiger partial charge on any atom is 0.119 e.